The van der Waals surface area contributed by atoms with E-state index in [9.17, 15) is 9.59 Å². The predicted molar refractivity (Wildman–Crippen MR) is 101 cm³/mol. The van der Waals surface area contributed by atoms with Crippen LogP contribution in [0.15, 0.2) is 59.5 Å². The maximum absolute atomic E-state index is 12.4. The summed E-state index contributed by atoms with van der Waals surface area (Å²) in [6.07, 6.45) is 1.59. The van der Waals surface area contributed by atoms with Gasteiger partial charge in [-0.3, -0.25) is 9.59 Å². The molecule has 26 heavy (non-hydrogen) atoms. The summed E-state index contributed by atoms with van der Waals surface area (Å²) in [6.45, 7) is 0.620. The zero-order valence-electron chi connectivity index (χ0n) is 14.3. The molecule has 2 aromatic carbocycles. The van der Waals surface area contributed by atoms with Crippen LogP contribution in [0.3, 0.4) is 0 Å². The molecule has 6 nitrogen and oxygen atoms in total. The number of hydrogen-bond donors (Lipinski definition) is 0. The molecule has 0 fully saturated rings. The Bertz CT molecular complexity index is 970. The molecule has 3 rings (SSSR count). The van der Waals surface area contributed by atoms with Crippen molar-refractivity contribution in [2.24, 2.45) is 0 Å². The second kappa shape index (κ2) is 8.01. The van der Waals surface area contributed by atoms with Gasteiger partial charge in [-0.25, -0.2) is 4.68 Å². The fourth-order valence-corrected chi connectivity index (χ4v) is 2.57. The molecule has 1 amide bonds. The van der Waals surface area contributed by atoms with Crippen LogP contribution < -0.4 is 10.3 Å². The van der Waals surface area contributed by atoms with Gasteiger partial charge < -0.3 is 9.64 Å². The number of rotatable bonds is 6. The van der Waals surface area contributed by atoms with Gasteiger partial charge >= 0.3 is 0 Å². The lowest BCUT2D eigenvalue weighted by Gasteiger charge is -2.18. The van der Waals surface area contributed by atoms with Crippen LogP contribution in [-0.2, 0) is 11.3 Å². The van der Waals surface area contributed by atoms with E-state index in [0.29, 0.717) is 29.3 Å². The number of benzene rings is 2. The molecule has 0 radical (unpaired) electrons. The molecule has 134 valence electrons. The van der Waals surface area contributed by atoms with E-state index < -0.39 is 0 Å². The van der Waals surface area contributed by atoms with Crippen LogP contribution in [0.25, 0.3) is 10.8 Å². The minimum absolute atomic E-state index is 0.110. The molecular formula is C19H18ClN3O3. The van der Waals surface area contributed by atoms with Crippen molar-refractivity contribution in [1.82, 2.24) is 14.7 Å². The Balaban J connectivity index is 1.58. The monoisotopic (exact) mass is 371 g/mol. The highest BCUT2D eigenvalue weighted by atomic mass is 35.5. The highest BCUT2D eigenvalue weighted by molar-refractivity contribution is 6.30. The molecule has 7 heteroatoms. The molecular weight excluding hydrogens is 354 g/mol. The van der Waals surface area contributed by atoms with Crippen LogP contribution in [0.5, 0.6) is 5.75 Å². The molecule has 0 aliphatic rings. The van der Waals surface area contributed by atoms with Crippen molar-refractivity contribution in [3.05, 3.63) is 70.1 Å². The summed E-state index contributed by atoms with van der Waals surface area (Å²) in [5, 5.41) is 6.02. The highest BCUT2D eigenvalue weighted by Gasteiger charge is 2.12. The quantitative estimate of drug-likeness (QED) is 0.668. The molecule has 0 spiro atoms. The molecule has 0 aliphatic carbocycles. The van der Waals surface area contributed by atoms with Gasteiger partial charge in [0.1, 0.15) is 18.9 Å². The molecule has 0 aliphatic heterocycles. The minimum Gasteiger partial charge on any atom is -0.492 e. The molecule has 0 bridgehead atoms. The largest absolute Gasteiger partial charge is 0.492 e. The first kappa shape index (κ1) is 17.9. The van der Waals surface area contributed by atoms with Gasteiger partial charge in [-0.2, -0.15) is 5.10 Å². The average molecular weight is 372 g/mol. The maximum atomic E-state index is 12.4. The third-order valence-electron chi connectivity index (χ3n) is 3.98. The fraction of sp³-hybridized carbons (Fsp3) is 0.211. The summed E-state index contributed by atoms with van der Waals surface area (Å²) >= 11 is 5.82. The van der Waals surface area contributed by atoms with E-state index in [1.54, 1.807) is 49.6 Å². The lowest BCUT2D eigenvalue weighted by molar-refractivity contribution is -0.131. The minimum atomic E-state index is -0.276. The first-order valence-corrected chi connectivity index (χ1v) is 8.49. The molecule has 1 aromatic heterocycles. The van der Waals surface area contributed by atoms with E-state index in [2.05, 4.69) is 5.10 Å². The summed E-state index contributed by atoms with van der Waals surface area (Å²) in [6, 6.07) is 14.2. The SMILES string of the molecule is CN(CCOc1ccc(Cl)cc1)C(=O)Cn1ncc2ccccc2c1=O. The molecule has 1 heterocycles. The number of ether oxygens (including phenoxy) is 1. The lowest BCUT2D eigenvalue weighted by atomic mass is 10.2. The van der Waals surface area contributed by atoms with Crippen LogP contribution >= 0.6 is 11.6 Å². The first-order chi connectivity index (χ1) is 12.5. The number of carbonyl (C=O) groups excluding carboxylic acids is 1. The molecule has 0 atom stereocenters. The number of likely N-dealkylation sites (N-methyl/N-ethyl adjacent to an activating group) is 1. The maximum Gasteiger partial charge on any atom is 0.275 e. The van der Waals surface area contributed by atoms with Crippen molar-refractivity contribution >= 4 is 28.3 Å². The average Bonchev–Trinajstić information content (AvgIpc) is 2.65. The van der Waals surface area contributed by atoms with Crippen molar-refractivity contribution in [1.29, 1.82) is 0 Å². The Kier molecular flexibility index (Phi) is 5.53. The normalized spacial score (nSPS) is 10.7. The summed E-state index contributed by atoms with van der Waals surface area (Å²) in [5.41, 5.74) is -0.276. The van der Waals surface area contributed by atoms with E-state index in [0.717, 1.165) is 5.39 Å². The van der Waals surface area contributed by atoms with E-state index in [4.69, 9.17) is 16.3 Å². The van der Waals surface area contributed by atoms with Crippen LogP contribution in [0, 0.1) is 0 Å². The number of carbonyl (C=O) groups is 1. The van der Waals surface area contributed by atoms with E-state index in [-0.39, 0.29) is 18.0 Å². The van der Waals surface area contributed by atoms with Gasteiger partial charge in [0.15, 0.2) is 0 Å². The Labute approximate surface area is 155 Å². The molecule has 0 saturated carbocycles. The highest BCUT2D eigenvalue weighted by Crippen LogP contribution is 2.15. The fourth-order valence-electron chi connectivity index (χ4n) is 2.45. The topological polar surface area (TPSA) is 64.4 Å². The second-order valence-corrected chi connectivity index (χ2v) is 6.25. The Morgan fingerprint density at radius 1 is 1.19 bits per heavy atom. The van der Waals surface area contributed by atoms with Gasteiger partial charge in [-0.1, -0.05) is 29.8 Å². The van der Waals surface area contributed by atoms with Crippen LogP contribution in [0.4, 0.5) is 0 Å². The number of amides is 1. The van der Waals surface area contributed by atoms with Crippen LogP contribution in [0.2, 0.25) is 5.02 Å². The summed E-state index contributed by atoms with van der Waals surface area (Å²) in [7, 11) is 1.67. The van der Waals surface area contributed by atoms with Gasteiger partial charge in [0.05, 0.1) is 18.1 Å². The van der Waals surface area contributed by atoms with Gasteiger partial charge in [0.2, 0.25) is 5.91 Å². The van der Waals surface area contributed by atoms with Crippen molar-refractivity contribution in [3.63, 3.8) is 0 Å². The number of hydrogen-bond acceptors (Lipinski definition) is 4. The smallest absolute Gasteiger partial charge is 0.275 e. The molecule has 0 unspecified atom stereocenters. The molecule has 3 aromatic rings. The Hall–Kier alpha value is -2.86. The summed E-state index contributed by atoms with van der Waals surface area (Å²) < 4.78 is 6.76. The van der Waals surface area contributed by atoms with Crippen molar-refractivity contribution in [3.8, 4) is 5.75 Å². The summed E-state index contributed by atoms with van der Waals surface area (Å²) in [4.78, 5) is 26.3. The number of fused-ring (bicyclic) bond motifs is 1. The van der Waals surface area contributed by atoms with Gasteiger partial charge in [-0.15, -0.1) is 0 Å². The van der Waals surface area contributed by atoms with Crippen molar-refractivity contribution < 1.29 is 9.53 Å². The number of nitrogens with zero attached hydrogens (tertiary/aromatic N) is 3. The van der Waals surface area contributed by atoms with Crippen molar-refractivity contribution in [2.45, 2.75) is 6.54 Å². The third-order valence-corrected chi connectivity index (χ3v) is 4.23. The van der Waals surface area contributed by atoms with Crippen molar-refractivity contribution in [2.75, 3.05) is 20.2 Å². The van der Waals surface area contributed by atoms with E-state index in [1.165, 1.54) is 9.58 Å². The number of halogens is 1. The molecule has 0 saturated heterocycles. The van der Waals surface area contributed by atoms with Crippen LogP contribution in [-0.4, -0.2) is 40.8 Å². The second-order valence-electron chi connectivity index (χ2n) is 5.81. The van der Waals surface area contributed by atoms with Gasteiger partial charge in [0, 0.05) is 17.5 Å². The first-order valence-electron chi connectivity index (χ1n) is 8.12. The Morgan fingerprint density at radius 3 is 2.69 bits per heavy atom. The van der Waals surface area contributed by atoms with E-state index in [1.807, 2.05) is 12.1 Å². The zero-order valence-corrected chi connectivity index (χ0v) is 15.0. The number of aromatic nitrogens is 2. The summed E-state index contributed by atoms with van der Waals surface area (Å²) in [5.74, 6) is 0.470. The van der Waals surface area contributed by atoms with E-state index >= 15 is 0 Å². The third kappa shape index (κ3) is 4.21. The van der Waals surface area contributed by atoms with Crippen LogP contribution in [0.1, 0.15) is 0 Å². The molecule has 0 N–H and O–H groups in total. The lowest BCUT2D eigenvalue weighted by Crippen LogP contribution is -2.37. The standard InChI is InChI=1S/C19H18ClN3O3/c1-22(10-11-26-16-8-6-15(20)7-9-16)18(24)13-23-19(25)17-5-3-2-4-14(17)12-21-23/h2-9,12H,10-11,13H2,1H3. The Morgan fingerprint density at radius 2 is 1.92 bits per heavy atom. The zero-order chi connectivity index (χ0) is 18.5. The van der Waals surface area contributed by atoms with Gasteiger partial charge in [-0.05, 0) is 30.3 Å². The van der Waals surface area contributed by atoms with Gasteiger partial charge in [0.25, 0.3) is 5.56 Å². The predicted octanol–water partition coefficient (Wildman–Crippen LogP) is 2.59.